The van der Waals surface area contributed by atoms with Crippen molar-refractivity contribution in [2.24, 2.45) is 0 Å². The Kier molecular flexibility index (Phi) is 3.25. The van der Waals surface area contributed by atoms with E-state index < -0.39 is 0 Å². The third-order valence-corrected chi connectivity index (χ3v) is 3.15. The van der Waals surface area contributed by atoms with Gasteiger partial charge in [-0.15, -0.1) is 0 Å². The molecule has 102 valence electrons. The molecule has 0 amide bonds. The molecule has 0 radical (unpaired) electrons. The average Bonchev–Trinajstić information content (AvgIpc) is 2.89. The molecule has 3 aromatic rings. The van der Waals surface area contributed by atoms with Gasteiger partial charge in [-0.25, -0.2) is 4.98 Å². The third-order valence-electron chi connectivity index (χ3n) is 3.15. The molecule has 0 aliphatic carbocycles. The minimum absolute atomic E-state index is 0.703. The van der Waals surface area contributed by atoms with Crippen LogP contribution in [0.5, 0.6) is 11.5 Å². The Morgan fingerprint density at radius 1 is 1.10 bits per heavy atom. The van der Waals surface area contributed by atoms with Gasteiger partial charge in [0.2, 0.25) is 0 Å². The van der Waals surface area contributed by atoms with Crippen LogP contribution in [-0.2, 0) is 6.42 Å². The maximum atomic E-state index is 5.31. The second kappa shape index (κ2) is 5.21. The second-order valence-electron chi connectivity index (χ2n) is 4.44. The number of nitrogens with zero attached hydrogens (tertiary/aromatic N) is 2. The van der Waals surface area contributed by atoms with Crippen LogP contribution in [0.15, 0.2) is 36.7 Å². The third kappa shape index (κ3) is 2.30. The molecule has 0 fully saturated rings. The Morgan fingerprint density at radius 2 is 1.95 bits per heavy atom. The standard InChI is InChI=1S/C15H15N3O2/c1-19-13-4-3-10(7-14(13)20-2)8-15-17-11-5-6-16-9-12(11)18-15/h3-7,9H,8H2,1-2H3,(H,17,18). The van der Waals surface area contributed by atoms with Crippen molar-refractivity contribution in [1.29, 1.82) is 0 Å². The van der Waals surface area contributed by atoms with E-state index >= 15 is 0 Å². The highest BCUT2D eigenvalue weighted by Gasteiger charge is 2.07. The number of methoxy groups -OCH3 is 2. The molecule has 0 saturated heterocycles. The van der Waals surface area contributed by atoms with Crippen LogP contribution >= 0.6 is 0 Å². The number of imidazole rings is 1. The number of aromatic amines is 1. The van der Waals surface area contributed by atoms with Gasteiger partial charge >= 0.3 is 0 Å². The lowest BCUT2D eigenvalue weighted by molar-refractivity contribution is 0.354. The first-order chi connectivity index (χ1) is 9.80. The molecule has 0 spiro atoms. The number of H-pyrrole nitrogens is 1. The van der Waals surface area contributed by atoms with Crippen molar-refractivity contribution in [2.75, 3.05) is 14.2 Å². The highest BCUT2D eigenvalue weighted by atomic mass is 16.5. The van der Waals surface area contributed by atoms with Gasteiger partial charge in [-0.2, -0.15) is 0 Å². The molecule has 2 heterocycles. The fourth-order valence-electron chi connectivity index (χ4n) is 2.18. The number of nitrogens with one attached hydrogen (secondary N) is 1. The minimum atomic E-state index is 0.703. The highest BCUT2D eigenvalue weighted by molar-refractivity contribution is 5.73. The quantitative estimate of drug-likeness (QED) is 0.790. The Hall–Kier alpha value is -2.56. The summed E-state index contributed by atoms with van der Waals surface area (Å²) in [6.45, 7) is 0. The number of benzene rings is 1. The Labute approximate surface area is 116 Å². The maximum Gasteiger partial charge on any atom is 0.161 e. The van der Waals surface area contributed by atoms with Gasteiger partial charge in [0.25, 0.3) is 0 Å². The fourth-order valence-corrected chi connectivity index (χ4v) is 2.18. The lowest BCUT2D eigenvalue weighted by atomic mass is 10.1. The smallest absolute Gasteiger partial charge is 0.161 e. The second-order valence-corrected chi connectivity index (χ2v) is 4.44. The molecule has 1 aromatic carbocycles. The summed E-state index contributed by atoms with van der Waals surface area (Å²) in [6.07, 6.45) is 4.22. The lowest BCUT2D eigenvalue weighted by Gasteiger charge is -2.08. The number of hydrogen-bond donors (Lipinski definition) is 1. The molecule has 5 nitrogen and oxygen atoms in total. The topological polar surface area (TPSA) is 60.0 Å². The van der Waals surface area contributed by atoms with Gasteiger partial charge in [-0.05, 0) is 23.8 Å². The molecule has 20 heavy (non-hydrogen) atoms. The Bertz CT molecular complexity index is 704. The van der Waals surface area contributed by atoms with Crippen molar-refractivity contribution in [3.8, 4) is 11.5 Å². The molecular formula is C15H15N3O2. The van der Waals surface area contributed by atoms with Gasteiger partial charge in [0.15, 0.2) is 11.5 Å². The summed E-state index contributed by atoms with van der Waals surface area (Å²) in [7, 11) is 3.26. The van der Waals surface area contributed by atoms with E-state index in [9.17, 15) is 0 Å². The molecule has 0 saturated carbocycles. The summed E-state index contributed by atoms with van der Waals surface area (Å²) >= 11 is 0. The van der Waals surface area contributed by atoms with Crippen LogP contribution in [-0.4, -0.2) is 29.2 Å². The SMILES string of the molecule is COc1ccc(Cc2nc3ccncc3[nH]2)cc1OC. The molecule has 0 unspecified atom stereocenters. The molecule has 2 aromatic heterocycles. The molecule has 0 aliphatic rings. The van der Waals surface area contributed by atoms with Crippen LogP contribution in [0.4, 0.5) is 0 Å². The number of aromatic nitrogens is 3. The largest absolute Gasteiger partial charge is 0.493 e. The van der Waals surface area contributed by atoms with E-state index in [0.29, 0.717) is 6.42 Å². The van der Waals surface area contributed by atoms with Crippen molar-refractivity contribution < 1.29 is 9.47 Å². The van der Waals surface area contributed by atoms with E-state index in [1.54, 1.807) is 26.6 Å². The normalized spacial score (nSPS) is 10.7. The number of pyridine rings is 1. The monoisotopic (exact) mass is 269 g/mol. The zero-order valence-corrected chi connectivity index (χ0v) is 11.4. The molecule has 3 rings (SSSR count). The van der Waals surface area contributed by atoms with Crippen LogP contribution in [0.2, 0.25) is 0 Å². The average molecular weight is 269 g/mol. The van der Waals surface area contributed by atoms with Gasteiger partial charge in [0, 0.05) is 12.6 Å². The van der Waals surface area contributed by atoms with Gasteiger partial charge in [0.1, 0.15) is 5.82 Å². The van der Waals surface area contributed by atoms with Crippen molar-refractivity contribution in [1.82, 2.24) is 15.0 Å². The van der Waals surface area contributed by atoms with E-state index in [4.69, 9.17) is 9.47 Å². The van der Waals surface area contributed by atoms with Crippen LogP contribution in [0, 0.1) is 0 Å². The number of hydrogen-bond acceptors (Lipinski definition) is 4. The maximum absolute atomic E-state index is 5.31. The minimum Gasteiger partial charge on any atom is -0.493 e. The van der Waals surface area contributed by atoms with Crippen LogP contribution in [0.1, 0.15) is 11.4 Å². The van der Waals surface area contributed by atoms with E-state index in [0.717, 1.165) is 33.9 Å². The summed E-state index contributed by atoms with van der Waals surface area (Å²) in [5, 5.41) is 0. The number of fused-ring (bicyclic) bond motifs is 1. The summed E-state index contributed by atoms with van der Waals surface area (Å²) in [5.41, 5.74) is 2.98. The van der Waals surface area contributed by atoms with Crippen molar-refractivity contribution >= 4 is 11.0 Å². The summed E-state index contributed by atoms with van der Waals surface area (Å²) in [4.78, 5) is 11.9. The van der Waals surface area contributed by atoms with Crippen LogP contribution in [0.25, 0.3) is 11.0 Å². The van der Waals surface area contributed by atoms with Gasteiger partial charge < -0.3 is 14.5 Å². The number of rotatable bonds is 4. The molecule has 0 atom stereocenters. The molecular weight excluding hydrogens is 254 g/mol. The van der Waals surface area contributed by atoms with Crippen molar-refractivity contribution in [2.45, 2.75) is 6.42 Å². The van der Waals surface area contributed by atoms with Gasteiger partial charge in [-0.3, -0.25) is 4.98 Å². The zero-order valence-electron chi connectivity index (χ0n) is 11.4. The van der Waals surface area contributed by atoms with Crippen molar-refractivity contribution in [3.05, 3.63) is 48.0 Å². The highest BCUT2D eigenvalue weighted by Crippen LogP contribution is 2.28. The van der Waals surface area contributed by atoms with E-state index in [1.807, 2.05) is 24.3 Å². The zero-order chi connectivity index (χ0) is 13.9. The van der Waals surface area contributed by atoms with E-state index in [2.05, 4.69) is 15.0 Å². The molecule has 5 heteroatoms. The van der Waals surface area contributed by atoms with Crippen molar-refractivity contribution in [3.63, 3.8) is 0 Å². The van der Waals surface area contributed by atoms with Crippen LogP contribution in [0.3, 0.4) is 0 Å². The lowest BCUT2D eigenvalue weighted by Crippen LogP contribution is -1.94. The van der Waals surface area contributed by atoms with E-state index in [1.165, 1.54) is 0 Å². The summed E-state index contributed by atoms with van der Waals surface area (Å²) in [5.74, 6) is 2.35. The van der Waals surface area contributed by atoms with Gasteiger partial charge in [-0.1, -0.05) is 6.07 Å². The van der Waals surface area contributed by atoms with Crippen LogP contribution < -0.4 is 9.47 Å². The Morgan fingerprint density at radius 3 is 2.70 bits per heavy atom. The Balaban J connectivity index is 1.90. The summed E-state index contributed by atoms with van der Waals surface area (Å²) in [6, 6.07) is 7.76. The number of ether oxygens (including phenoxy) is 2. The molecule has 0 bridgehead atoms. The van der Waals surface area contributed by atoms with Gasteiger partial charge in [0.05, 0.1) is 31.4 Å². The first-order valence-corrected chi connectivity index (χ1v) is 6.29. The predicted molar refractivity (Wildman–Crippen MR) is 76.2 cm³/mol. The predicted octanol–water partition coefficient (Wildman–Crippen LogP) is 2.57. The fraction of sp³-hybridized carbons (Fsp3) is 0.200. The first-order valence-electron chi connectivity index (χ1n) is 6.29. The van der Waals surface area contributed by atoms with E-state index in [-0.39, 0.29) is 0 Å². The summed E-state index contributed by atoms with van der Waals surface area (Å²) < 4.78 is 10.5. The molecule has 0 aliphatic heterocycles. The first kappa shape index (κ1) is 12.5. The molecule has 1 N–H and O–H groups in total.